The van der Waals surface area contributed by atoms with Crippen LogP contribution in [-0.4, -0.2) is 22.5 Å². The molecule has 0 aliphatic carbocycles. The topological polar surface area (TPSA) is 90.4 Å². The molecule has 1 saturated heterocycles. The van der Waals surface area contributed by atoms with Gasteiger partial charge in [0.2, 0.25) is 5.91 Å². The summed E-state index contributed by atoms with van der Waals surface area (Å²) in [5.41, 5.74) is 1.87. The lowest BCUT2D eigenvalue weighted by atomic mass is 10.0. The summed E-state index contributed by atoms with van der Waals surface area (Å²) >= 11 is 5.41. The lowest BCUT2D eigenvalue weighted by Gasteiger charge is -2.29. The summed E-state index contributed by atoms with van der Waals surface area (Å²) in [6, 6.07) is 9.98. The van der Waals surface area contributed by atoms with Gasteiger partial charge in [0.1, 0.15) is 11.1 Å². The lowest BCUT2D eigenvalue weighted by molar-refractivity contribution is -0.140. The molecule has 1 fully saturated rings. The Kier molecular flexibility index (Phi) is 6.66. The predicted octanol–water partition coefficient (Wildman–Crippen LogP) is 4.44. The summed E-state index contributed by atoms with van der Waals surface area (Å²) in [5.74, 6) is -2.87. The first-order chi connectivity index (χ1) is 15.8. The molecule has 2 N–H and O–H groups in total. The van der Waals surface area contributed by atoms with Crippen molar-refractivity contribution in [3.05, 3.63) is 58.9 Å². The summed E-state index contributed by atoms with van der Waals surface area (Å²) in [7, 11) is 0. The smallest absolute Gasteiger partial charge is 0.370 e. The number of carbonyl (C=O) groups excluding carboxylic acids is 2. The predicted molar refractivity (Wildman–Crippen MR) is 121 cm³/mol. The molecular weight excluding hydrogens is 472 g/mol. The lowest BCUT2D eigenvalue weighted by Crippen LogP contribution is -2.44. The van der Waals surface area contributed by atoms with E-state index in [1.165, 1.54) is 24.8 Å². The van der Waals surface area contributed by atoms with Crippen molar-refractivity contribution in [2.75, 3.05) is 9.80 Å². The molecule has 1 heterocycles. The van der Waals surface area contributed by atoms with Crippen LogP contribution in [0.2, 0.25) is 0 Å². The van der Waals surface area contributed by atoms with Crippen molar-refractivity contribution in [3.63, 3.8) is 0 Å². The number of anilines is 2. The Hall–Kier alpha value is -3.52. The van der Waals surface area contributed by atoms with Gasteiger partial charge in [0.25, 0.3) is 5.91 Å². The van der Waals surface area contributed by atoms with Gasteiger partial charge in [-0.2, -0.15) is 18.4 Å². The minimum absolute atomic E-state index is 0.201. The maximum Gasteiger partial charge on any atom is 0.420 e. The second-order valence-electron chi connectivity index (χ2n) is 8.23. The van der Waals surface area contributed by atoms with E-state index in [9.17, 15) is 22.8 Å². The highest BCUT2D eigenvalue weighted by Gasteiger charge is 2.51. The molecule has 6 nitrogen and oxygen atoms in total. The van der Waals surface area contributed by atoms with Gasteiger partial charge in [0, 0.05) is 12.1 Å². The molecule has 0 saturated carbocycles. The Morgan fingerprint density at radius 1 is 1.18 bits per heavy atom. The number of hydrogen-bond donors (Lipinski definition) is 1. The molecule has 2 aromatic rings. The van der Waals surface area contributed by atoms with Gasteiger partial charge in [-0.25, -0.2) is 4.39 Å². The minimum atomic E-state index is -5.14. The molecule has 11 heteroatoms. The van der Waals surface area contributed by atoms with Gasteiger partial charge < -0.3 is 10.6 Å². The Bertz CT molecular complexity index is 1200. The van der Waals surface area contributed by atoms with Crippen LogP contribution in [0.1, 0.15) is 43.4 Å². The number of halogens is 4. The molecule has 34 heavy (non-hydrogen) atoms. The summed E-state index contributed by atoms with van der Waals surface area (Å²) in [6.07, 6.45) is -3.74. The van der Waals surface area contributed by atoms with Crippen LogP contribution in [0.25, 0.3) is 0 Å². The van der Waals surface area contributed by atoms with E-state index in [-0.39, 0.29) is 11.5 Å². The molecule has 0 radical (unpaired) electrons. The number of rotatable bonds is 6. The van der Waals surface area contributed by atoms with Crippen LogP contribution in [0.3, 0.4) is 0 Å². The molecule has 2 amide bonds. The summed E-state index contributed by atoms with van der Waals surface area (Å²) in [6.45, 7) is 3.04. The Morgan fingerprint density at radius 3 is 2.32 bits per heavy atom. The number of hydrogen-bond acceptors (Lipinski definition) is 4. The third-order valence-electron chi connectivity index (χ3n) is 5.52. The van der Waals surface area contributed by atoms with Gasteiger partial charge in [-0.05, 0) is 68.7 Å². The van der Waals surface area contributed by atoms with Crippen molar-refractivity contribution in [3.8, 4) is 6.07 Å². The van der Waals surface area contributed by atoms with Gasteiger partial charge in [-0.1, -0.05) is 12.1 Å². The molecule has 2 aromatic carbocycles. The third kappa shape index (κ3) is 4.46. The summed E-state index contributed by atoms with van der Waals surface area (Å²) in [4.78, 5) is 26.3. The number of nitrogens with two attached hydrogens (primary N) is 1. The Labute approximate surface area is 198 Å². The van der Waals surface area contributed by atoms with Crippen LogP contribution < -0.4 is 15.5 Å². The van der Waals surface area contributed by atoms with Crippen LogP contribution in [0.4, 0.5) is 28.9 Å². The van der Waals surface area contributed by atoms with E-state index < -0.39 is 46.2 Å². The molecule has 0 aromatic heterocycles. The molecule has 3 rings (SSSR count). The third-order valence-corrected chi connectivity index (χ3v) is 5.88. The number of carbonyl (C=O) groups is 2. The largest absolute Gasteiger partial charge is 0.420 e. The maximum atomic E-state index is 15.0. The number of amides is 2. The van der Waals surface area contributed by atoms with Crippen molar-refractivity contribution in [1.29, 1.82) is 5.26 Å². The zero-order valence-electron chi connectivity index (χ0n) is 18.2. The van der Waals surface area contributed by atoms with Crippen molar-refractivity contribution in [2.24, 2.45) is 5.73 Å². The van der Waals surface area contributed by atoms with Crippen LogP contribution in [-0.2, 0) is 22.2 Å². The Balaban J connectivity index is 1.99. The zero-order chi connectivity index (χ0) is 25.4. The number of aryl methyl sites for hydroxylation is 1. The van der Waals surface area contributed by atoms with Gasteiger partial charge in [0.05, 0.1) is 17.3 Å². The van der Waals surface area contributed by atoms with Gasteiger partial charge >= 0.3 is 6.18 Å². The molecule has 1 aliphatic rings. The fourth-order valence-corrected chi connectivity index (χ4v) is 4.34. The number of nitriles is 1. The highest BCUT2D eigenvalue weighted by Crippen LogP contribution is 2.41. The van der Waals surface area contributed by atoms with E-state index >= 15 is 4.39 Å². The number of alkyl halides is 3. The van der Waals surface area contributed by atoms with Crippen molar-refractivity contribution < 1.29 is 27.2 Å². The molecule has 1 aliphatic heterocycles. The maximum absolute atomic E-state index is 15.0. The van der Waals surface area contributed by atoms with Crippen LogP contribution in [0.5, 0.6) is 0 Å². The number of primary amides is 1. The van der Waals surface area contributed by atoms with E-state index in [1.807, 2.05) is 0 Å². The van der Waals surface area contributed by atoms with E-state index in [1.54, 1.807) is 24.3 Å². The average Bonchev–Trinajstić information content (AvgIpc) is 2.91. The molecular formula is C23H20F4N4O2S. The number of benzene rings is 2. The van der Waals surface area contributed by atoms with E-state index in [2.05, 4.69) is 0 Å². The molecule has 0 atom stereocenters. The van der Waals surface area contributed by atoms with E-state index in [0.717, 1.165) is 22.6 Å². The van der Waals surface area contributed by atoms with Gasteiger partial charge in [-0.3, -0.25) is 14.5 Å². The second-order valence-corrected chi connectivity index (χ2v) is 8.60. The van der Waals surface area contributed by atoms with Crippen LogP contribution >= 0.6 is 12.2 Å². The first-order valence-corrected chi connectivity index (χ1v) is 10.6. The van der Waals surface area contributed by atoms with Crippen molar-refractivity contribution >= 4 is 40.5 Å². The minimum Gasteiger partial charge on any atom is -0.370 e. The number of nitrogens with zero attached hydrogens (tertiary/aromatic N) is 3. The second kappa shape index (κ2) is 9.02. The van der Waals surface area contributed by atoms with Crippen molar-refractivity contribution in [2.45, 2.75) is 44.8 Å². The molecule has 0 spiro atoms. The number of thiocarbonyl (C=S) groups is 1. The zero-order valence-corrected chi connectivity index (χ0v) is 19.1. The SMILES string of the molecule is CC1(C)C(=O)N(c2ccc(C#N)c(C(F)(F)F)c2F)C(=S)N1c1ccc(CCCC(N)=O)cc1. The van der Waals surface area contributed by atoms with Gasteiger partial charge in [0.15, 0.2) is 10.9 Å². The fourth-order valence-electron chi connectivity index (χ4n) is 3.83. The van der Waals surface area contributed by atoms with Crippen LogP contribution in [0, 0.1) is 17.1 Å². The standard InChI is InChI=1S/C23H20F4N4O2S/c1-22(2)20(33)30(16-11-8-14(12-28)18(19(16)24)23(25,26)27)21(34)31(22)15-9-6-13(7-10-15)4-3-5-17(29)32/h6-11H,3-5H2,1-2H3,(H2,29,32). The molecule has 178 valence electrons. The Morgan fingerprint density at radius 2 is 1.79 bits per heavy atom. The quantitative estimate of drug-likeness (QED) is 0.476. The van der Waals surface area contributed by atoms with E-state index in [4.69, 9.17) is 23.2 Å². The normalized spacial score (nSPS) is 15.6. The summed E-state index contributed by atoms with van der Waals surface area (Å²) in [5, 5.41) is 8.79. The average molecular weight is 492 g/mol. The van der Waals surface area contributed by atoms with Crippen LogP contribution in [0.15, 0.2) is 36.4 Å². The highest BCUT2D eigenvalue weighted by molar-refractivity contribution is 7.81. The van der Waals surface area contributed by atoms with E-state index in [0.29, 0.717) is 18.5 Å². The first-order valence-electron chi connectivity index (χ1n) is 10.2. The highest BCUT2D eigenvalue weighted by atomic mass is 32.1. The first kappa shape index (κ1) is 25.1. The fraction of sp³-hybridized carbons (Fsp3) is 0.304. The van der Waals surface area contributed by atoms with Gasteiger partial charge in [-0.15, -0.1) is 0 Å². The van der Waals surface area contributed by atoms with Crippen molar-refractivity contribution in [1.82, 2.24) is 0 Å². The summed E-state index contributed by atoms with van der Waals surface area (Å²) < 4.78 is 55.4. The molecule has 0 unspecified atom stereocenters. The molecule has 0 bridgehead atoms. The monoisotopic (exact) mass is 492 g/mol.